The van der Waals surface area contributed by atoms with Crippen molar-refractivity contribution >= 4 is 11.5 Å². The van der Waals surface area contributed by atoms with Gasteiger partial charge in [-0.1, -0.05) is 0 Å². The van der Waals surface area contributed by atoms with Crippen LogP contribution in [0.3, 0.4) is 0 Å². The fourth-order valence-electron chi connectivity index (χ4n) is 1.98. The molecular formula is C15H15F3N2O2. The topological polar surface area (TPSA) is 45.6 Å². The lowest BCUT2D eigenvalue weighted by Gasteiger charge is -2.20. The summed E-state index contributed by atoms with van der Waals surface area (Å²) in [4.78, 5) is 5.96. The van der Waals surface area contributed by atoms with Crippen molar-refractivity contribution < 1.29 is 23.0 Å². The van der Waals surface area contributed by atoms with Crippen LogP contribution in [-0.2, 0) is 0 Å². The van der Waals surface area contributed by atoms with E-state index in [1.807, 2.05) is 0 Å². The number of anilines is 2. The summed E-state index contributed by atoms with van der Waals surface area (Å²) in [6.45, 7) is 3.43. The molecule has 0 aliphatic rings. The largest absolute Gasteiger partial charge is 0.573 e. The van der Waals surface area contributed by atoms with Crippen molar-refractivity contribution in [2.24, 2.45) is 0 Å². The molecule has 1 aromatic carbocycles. The average molecular weight is 312 g/mol. The highest BCUT2D eigenvalue weighted by molar-refractivity contribution is 5.62. The highest BCUT2D eigenvalue weighted by Crippen LogP contribution is 2.30. The molecular weight excluding hydrogens is 297 g/mol. The van der Waals surface area contributed by atoms with Crippen LogP contribution in [-0.4, -0.2) is 23.5 Å². The molecule has 118 valence electrons. The summed E-state index contributed by atoms with van der Waals surface area (Å²) in [5.41, 5.74) is 1.80. The number of alkyl halides is 3. The van der Waals surface area contributed by atoms with Crippen LogP contribution in [0.25, 0.3) is 0 Å². The van der Waals surface area contributed by atoms with Gasteiger partial charge in [0.05, 0.1) is 5.69 Å². The van der Waals surface area contributed by atoms with Crippen LogP contribution >= 0.6 is 0 Å². The first-order valence-corrected chi connectivity index (χ1v) is 6.44. The minimum atomic E-state index is -4.71. The van der Waals surface area contributed by atoms with Crippen LogP contribution in [0, 0.1) is 13.8 Å². The first-order chi connectivity index (χ1) is 10.2. The summed E-state index contributed by atoms with van der Waals surface area (Å²) in [5, 5.41) is 9.72. The van der Waals surface area contributed by atoms with E-state index in [0.717, 1.165) is 0 Å². The molecule has 0 saturated heterocycles. The number of hydrogen-bond acceptors (Lipinski definition) is 4. The lowest BCUT2D eigenvalue weighted by Crippen LogP contribution is -2.17. The molecule has 0 atom stereocenters. The lowest BCUT2D eigenvalue weighted by atomic mass is 10.2. The molecule has 0 bridgehead atoms. The Hall–Kier alpha value is -2.44. The number of pyridine rings is 1. The Morgan fingerprint density at radius 1 is 1.14 bits per heavy atom. The molecule has 0 saturated carbocycles. The second-order valence-electron chi connectivity index (χ2n) is 4.83. The molecule has 1 N–H and O–H groups in total. The predicted molar refractivity (Wildman–Crippen MR) is 76.6 cm³/mol. The minimum absolute atomic E-state index is 0.131. The van der Waals surface area contributed by atoms with Crippen LogP contribution in [0.1, 0.15) is 11.3 Å². The molecule has 0 fully saturated rings. The fourth-order valence-corrected chi connectivity index (χ4v) is 1.98. The third kappa shape index (κ3) is 3.60. The maximum Gasteiger partial charge on any atom is 0.573 e. The number of aromatic hydroxyl groups is 1. The van der Waals surface area contributed by atoms with E-state index in [9.17, 15) is 18.3 Å². The van der Waals surface area contributed by atoms with Gasteiger partial charge in [-0.05, 0) is 49.7 Å². The van der Waals surface area contributed by atoms with Gasteiger partial charge in [0.25, 0.3) is 0 Å². The Kier molecular flexibility index (Phi) is 4.16. The molecule has 4 nitrogen and oxygen atoms in total. The Labute approximate surface area is 125 Å². The van der Waals surface area contributed by atoms with Gasteiger partial charge < -0.3 is 14.7 Å². The molecule has 0 unspecified atom stereocenters. The van der Waals surface area contributed by atoms with E-state index < -0.39 is 6.36 Å². The third-order valence-corrected chi connectivity index (χ3v) is 3.15. The molecule has 0 aliphatic heterocycles. The number of aryl methyl sites for hydroxylation is 2. The van der Waals surface area contributed by atoms with Gasteiger partial charge in [-0.15, -0.1) is 13.2 Å². The molecule has 0 amide bonds. The van der Waals surface area contributed by atoms with Gasteiger partial charge in [-0.25, -0.2) is 4.98 Å². The minimum Gasteiger partial charge on any atom is -0.506 e. The fraction of sp³-hybridized carbons (Fsp3) is 0.267. The highest BCUT2D eigenvalue weighted by Gasteiger charge is 2.31. The molecule has 0 aliphatic carbocycles. The lowest BCUT2D eigenvalue weighted by molar-refractivity contribution is -0.274. The molecule has 1 aromatic heterocycles. The van der Waals surface area contributed by atoms with Crippen LogP contribution in [0.15, 0.2) is 30.3 Å². The van der Waals surface area contributed by atoms with E-state index in [0.29, 0.717) is 22.8 Å². The van der Waals surface area contributed by atoms with Crippen LogP contribution in [0.2, 0.25) is 0 Å². The van der Waals surface area contributed by atoms with Crippen molar-refractivity contribution in [3.63, 3.8) is 0 Å². The van der Waals surface area contributed by atoms with Crippen molar-refractivity contribution in [2.45, 2.75) is 20.2 Å². The SMILES string of the molecule is Cc1cc(N(C)c2ccc(OC(F)(F)F)cc2)nc(C)c1O. The standard InChI is InChI=1S/C15H15F3N2O2/c1-9-8-13(19-10(2)14(9)21)20(3)11-4-6-12(7-5-11)22-15(16,17)18/h4-8,21H,1-3H3. The zero-order chi connectivity index (χ0) is 16.5. The van der Waals surface area contributed by atoms with Gasteiger partial charge in [-0.2, -0.15) is 0 Å². The Balaban J connectivity index is 2.25. The summed E-state index contributed by atoms with van der Waals surface area (Å²) in [6.07, 6.45) is -4.71. The summed E-state index contributed by atoms with van der Waals surface area (Å²) >= 11 is 0. The Bertz CT molecular complexity index is 646. The molecule has 2 aromatic rings. The van der Waals surface area contributed by atoms with Gasteiger partial charge in [0.15, 0.2) is 0 Å². The Morgan fingerprint density at radius 3 is 2.23 bits per heavy atom. The van der Waals surface area contributed by atoms with Crippen molar-refractivity contribution in [1.82, 2.24) is 4.98 Å². The molecule has 7 heteroatoms. The van der Waals surface area contributed by atoms with Crippen LogP contribution < -0.4 is 9.64 Å². The number of hydrogen-bond donors (Lipinski definition) is 1. The summed E-state index contributed by atoms with van der Waals surface area (Å²) in [5.74, 6) is 0.430. The second kappa shape index (κ2) is 5.75. The molecule has 0 radical (unpaired) electrons. The maximum absolute atomic E-state index is 12.1. The summed E-state index contributed by atoms with van der Waals surface area (Å²) < 4.78 is 40.2. The first kappa shape index (κ1) is 15.9. The smallest absolute Gasteiger partial charge is 0.506 e. The second-order valence-corrected chi connectivity index (χ2v) is 4.83. The summed E-state index contributed by atoms with van der Waals surface area (Å²) in [6, 6.07) is 7.17. The third-order valence-electron chi connectivity index (χ3n) is 3.15. The first-order valence-electron chi connectivity index (χ1n) is 6.44. The van der Waals surface area contributed by atoms with E-state index in [-0.39, 0.29) is 11.5 Å². The number of nitrogens with zero attached hydrogens (tertiary/aromatic N) is 2. The number of rotatable bonds is 3. The van der Waals surface area contributed by atoms with Crippen LogP contribution in [0.4, 0.5) is 24.7 Å². The van der Waals surface area contributed by atoms with E-state index >= 15 is 0 Å². The normalized spacial score (nSPS) is 11.4. The Morgan fingerprint density at radius 2 is 1.73 bits per heavy atom. The monoisotopic (exact) mass is 312 g/mol. The van der Waals surface area contributed by atoms with Gasteiger partial charge in [0.1, 0.15) is 17.3 Å². The highest BCUT2D eigenvalue weighted by atomic mass is 19.4. The number of benzene rings is 1. The zero-order valence-corrected chi connectivity index (χ0v) is 12.3. The number of ether oxygens (including phenoxy) is 1. The van der Waals surface area contributed by atoms with Crippen molar-refractivity contribution in [2.75, 3.05) is 11.9 Å². The van der Waals surface area contributed by atoms with Crippen molar-refractivity contribution in [3.05, 3.63) is 41.6 Å². The van der Waals surface area contributed by atoms with E-state index in [2.05, 4.69) is 9.72 Å². The van der Waals surface area contributed by atoms with Gasteiger partial charge in [0.2, 0.25) is 0 Å². The van der Waals surface area contributed by atoms with E-state index in [4.69, 9.17) is 0 Å². The van der Waals surface area contributed by atoms with Crippen molar-refractivity contribution in [3.8, 4) is 11.5 Å². The quantitative estimate of drug-likeness (QED) is 0.928. The maximum atomic E-state index is 12.1. The van der Waals surface area contributed by atoms with Crippen LogP contribution in [0.5, 0.6) is 11.5 Å². The van der Waals surface area contributed by atoms with E-state index in [1.165, 1.54) is 24.3 Å². The average Bonchev–Trinajstić information content (AvgIpc) is 2.42. The number of aromatic nitrogens is 1. The van der Waals surface area contributed by atoms with Gasteiger partial charge in [-0.3, -0.25) is 0 Å². The summed E-state index contributed by atoms with van der Waals surface area (Å²) in [7, 11) is 1.73. The molecule has 2 rings (SSSR count). The van der Waals surface area contributed by atoms with Crippen molar-refractivity contribution in [1.29, 1.82) is 0 Å². The van der Waals surface area contributed by atoms with E-state index in [1.54, 1.807) is 31.9 Å². The molecule has 22 heavy (non-hydrogen) atoms. The molecule has 0 spiro atoms. The predicted octanol–water partition coefficient (Wildman–Crippen LogP) is 4.07. The van der Waals surface area contributed by atoms with Gasteiger partial charge in [0, 0.05) is 12.7 Å². The number of halogens is 3. The zero-order valence-electron chi connectivity index (χ0n) is 12.3. The van der Waals surface area contributed by atoms with Gasteiger partial charge >= 0.3 is 6.36 Å². The molecule has 1 heterocycles.